The molecule has 2 rings (SSSR count). The molecule has 1 heterocycles. The summed E-state index contributed by atoms with van der Waals surface area (Å²) in [7, 11) is 0. The molecule has 0 saturated heterocycles. The third kappa shape index (κ3) is 2.10. The van der Waals surface area contributed by atoms with E-state index in [2.05, 4.69) is 26.2 Å². The van der Waals surface area contributed by atoms with Gasteiger partial charge in [0.1, 0.15) is 5.82 Å². The average Bonchev–Trinajstić information content (AvgIpc) is 2.28. The summed E-state index contributed by atoms with van der Waals surface area (Å²) in [6.07, 6.45) is 1.73. The van der Waals surface area contributed by atoms with Gasteiger partial charge in [0.05, 0.1) is 6.61 Å². The number of hydrogen-bond donors (Lipinski definition) is 3. The molecule has 0 aliphatic rings. The van der Waals surface area contributed by atoms with Crippen molar-refractivity contribution in [3.63, 3.8) is 0 Å². The highest BCUT2D eigenvalue weighted by molar-refractivity contribution is 9.10. The molecule has 0 radical (unpaired) electrons. The van der Waals surface area contributed by atoms with E-state index in [9.17, 15) is 0 Å². The van der Waals surface area contributed by atoms with Crippen LogP contribution >= 0.6 is 15.9 Å². The molecule has 4 nitrogen and oxygen atoms in total. The molecule has 0 atom stereocenters. The Kier molecular flexibility index (Phi) is 3.26. The van der Waals surface area contributed by atoms with E-state index in [4.69, 9.17) is 10.8 Å². The minimum atomic E-state index is 0.0710. The van der Waals surface area contributed by atoms with Crippen molar-refractivity contribution in [1.29, 1.82) is 0 Å². The summed E-state index contributed by atoms with van der Waals surface area (Å²) >= 11 is 3.44. The van der Waals surface area contributed by atoms with Crippen LogP contribution in [-0.2, 0) is 0 Å². The van der Waals surface area contributed by atoms with Crippen molar-refractivity contribution in [2.45, 2.75) is 0 Å². The van der Waals surface area contributed by atoms with Gasteiger partial charge in [-0.15, -0.1) is 0 Å². The summed E-state index contributed by atoms with van der Waals surface area (Å²) in [4.78, 5) is 4.26. The number of nitrogens with zero attached hydrogens (tertiary/aromatic N) is 1. The lowest BCUT2D eigenvalue weighted by Gasteiger charge is -2.09. The predicted octanol–water partition coefficient (Wildman–Crippen LogP) is 1.98. The molecule has 0 unspecified atom stereocenters. The van der Waals surface area contributed by atoms with Crippen molar-refractivity contribution in [1.82, 2.24) is 4.98 Å². The minimum Gasteiger partial charge on any atom is -0.399 e. The zero-order chi connectivity index (χ0) is 11.5. The molecular formula is C11H12BrN3O. The highest BCUT2D eigenvalue weighted by atomic mass is 79.9. The fraction of sp³-hybridized carbons (Fsp3) is 0.182. The first-order valence-electron chi connectivity index (χ1n) is 4.91. The molecule has 84 valence electrons. The second-order valence-corrected chi connectivity index (χ2v) is 4.26. The minimum absolute atomic E-state index is 0.0710. The monoisotopic (exact) mass is 281 g/mol. The Morgan fingerprint density at radius 1 is 1.38 bits per heavy atom. The number of rotatable bonds is 3. The number of benzene rings is 1. The lowest BCUT2D eigenvalue weighted by molar-refractivity contribution is 0.311. The molecule has 1 aromatic carbocycles. The van der Waals surface area contributed by atoms with Gasteiger partial charge < -0.3 is 16.2 Å². The van der Waals surface area contributed by atoms with Gasteiger partial charge in [-0.2, -0.15) is 0 Å². The summed E-state index contributed by atoms with van der Waals surface area (Å²) in [6, 6.07) is 5.66. The van der Waals surface area contributed by atoms with Gasteiger partial charge in [-0.05, 0) is 28.1 Å². The second kappa shape index (κ2) is 4.67. The van der Waals surface area contributed by atoms with Crippen LogP contribution < -0.4 is 11.1 Å². The van der Waals surface area contributed by atoms with E-state index in [1.165, 1.54) is 0 Å². The largest absolute Gasteiger partial charge is 0.399 e. The van der Waals surface area contributed by atoms with E-state index in [-0.39, 0.29) is 6.61 Å². The lowest BCUT2D eigenvalue weighted by Crippen LogP contribution is -2.07. The molecule has 0 bridgehead atoms. The number of nitrogens with one attached hydrogen (secondary N) is 1. The molecular weight excluding hydrogens is 270 g/mol. The van der Waals surface area contributed by atoms with E-state index in [1.54, 1.807) is 6.20 Å². The maximum atomic E-state index is 8.78. The molecule has 0 amide bonds. The molecule has 1 aromatic heterocycles. The van der Waals surface area contributed by atoms with Crippen LogP contribution in [0.5, 0.6) is 0 Å². The van der Waals surface area contributed by atoms with Crippen LogP contribution in [0.3, 0.4) is 0 Å². The summed E-state index contributed by atoms with van der Waals surface area (Å²) in [6.45, 7) is 0.542. The van der Waals surface area contributed by atoms with Crippen molar-refractivity contribution in [2.75, 3.05) is 24.2 Å². The molecule has 4 N–H and O–H groups in total. The van der Waals surface area contributed by atoms with Crippen LogP contribution in [0.15, 0.2) is 28.9 Å². The number of nitrogen functional groups attached to an aromatic ring is 1. The summed E-state index contributed by atoms with van der Waals surface area (Å²) in [5.41, 5.74) is 6.45. The lowest BCUT2D eigenvalue weighted by atomic mass is 10.1. The van der Waals surface area contributed by atoms with E-state index in [1.807, 2.05) is 18.2 Å². The van der Waals surface area contributed by atoms with Gasteiger partial charge in [0.25, 0.3) is 0 Å². The van der Waals surface area contributed by atoms with Crippen molar-refractivity contribution in [3.8, 4) is 0 Å². The molecule has 0 fully saturated rings. The van der Waals surface area contributed by atoms with Crippen LogP contribution in [0.1, 0.15) is 0 Å². The smallest absolute Gasteiger partial charge is 0.134 e. The van der Waals surface area contributed by atoms with Gasteiger partial charge in [0.15, 0.2) is 0 Å². The van der Waals surface area contributed by atoms with E-state index >= 15 is 0 Å². The Bertz CT molecular complexity index is 516. The number of nitrogens with two attached hydrogens (primary N) is 1. The first-order chi connectivity index (χ1) is 7.72. The molecule has 0 spiro atoms. The van der Waals surface area contributed by atoms with Gasteiger partial charge in [0.2, 0.25) is 0 Å². The number of halogens is 1. The average molecular weight is 282 g/mol. The van der Waals surface area contributed by atoms with Crippen molar-refractivity contribution in [2.24, 2.45) is 0 Å². The maximum absolute atomic E-state index is 8.78. The normalized spacial score (nSPS) is 10.6. The topological polar surface area (TPSA) is 71.2 Å². The van der Waals surface area contributed by atoms with Crippen molar-refractivity contribution < 1.29 is 5.11 Å². The van der Waals surface area contributed by atoms with Gasteiger partial charge in [-0.25, -0.2) is 4.98 Å². The van der Waals surface area contributed by atoms with Crippen LogP contribution in [0, 0.1) is 0 Å². The number of aliphatic hydroxyl groups excluding tert-OH is 1. The summed E-state index contributed by atoms with van der Waals surface area (Å²) in [5, 5.41) is 13.8. The molecule has 2 aromatic rings. The molecule has 0 aliphatic heterocycles. The first kappa shape index (κ1) is 11.2. The summed E-state index contributed by atoms with van der Waals surface area (Å²) < 4.78 is 0.928. The number of fused-ring (bicyclic) bond motifs is 1. The van der Waals surface area contributed by atoms with Crippen LogP contribution in [0.4, 0.5) is 11.5 Å². The van der Waals surface area contributed by atoms with Gasteiger partial charge in [-0.1, -0.05) is 6.07 Å². The van der Waals surface area contributed by atoms with Crippen LogP contribution in [0.25, 0.3) is 10.8 Å². The predicted molar refractivity (Wildman–Crippen MR) is 69.4 cm³/mol. The molecule has 5 heteroatoms. The Labute approximate surface area is 102 Å². The third-order valence-corrected chi connectivity index (χ3v) is 2.90. The van der Waals surface area contributed by atoms with E-state index in [0.29, 0.717) is 12.2 Å². The Morgan fingerprint density at radius 2 is 2.19 bits per heavy atom. The first-order valence-corrected chi connectivity index (χ1v) is 5.70. The molecule has 0 saturated carbocycles. The van der Waals surface area contributed by atoms with Gasteiger partial charge in [0, 0.05) is 33.7 Å². The zero-order valence-electron chi connectivity index (χ0n) is 8.57. The maximum Gasteiger partial charge on any atom is 0.134 e. The van der Waals surface area contributed by atoms with Gasteiger partial charge in [-0.3, -0.25) is 0 Å². The number of aliphatic hydroxyl groups is 1. The SMILES string of the molecule is Nc1ccc2c(Br)cnc(NCCO)c2c1. The summed E-state index contributed by atoms with van der Waals surface area (Å²) in [5.74, 6) is 0.736. The van der Waals surface area contributed by atoms with E-state index in [0.717, 1.165) is 21.1 Å². The van der Waals surface area contributed by atoms with E-state index < -0.39 is 0 Å². The van der Waals surface area contributed by atoms with Crippen molar-refractivity contribution in [3.05, 3.63) is 28.9 Å². The Hall–Kier alpha value is -1.33. The fourth-order valence-electron chi connectivity index (χ4n) is 1.54. The number of anilines is 2. The van der Waals surface area contributed by atoms with Gasteiger partial charge >= 0.3 is 0 Å². The highest BCUT2D eigenvalue weighted by Gasteiger charge is 2.05. The number of hydrogen-bond acceptors (Lipinski definition) is 4. The second-order valence-electron chi connectivity index (χ2n) is 3.41. The third-order valence-electron chi connectivity index (χ3n) is 2.27. The molecule has 0 aliphatic carbocycles. The highest BCUT2D eigenvalue weighted by Crippen LogP contribution is 2.29. The van der Waals surface area contributed by atoms with Crippen LogP contribution in [-0.4, -0.2) is 23.2 Å². The van der Waals surface area contributed by atoms with Crippen molar-refractivity contribution >= 4 is 38.2 Å². The number of aromatic nitrogens is 1. The standard InChI is InChI=1S/C11H12BrN3O/c12-10-6-15-11(14-3-4-16)9-5-7(13)1-2-8(9)10/h1-2,5-6,16H,3-4,13H2,(H,14,15). The quantitative estimate of drug-likeness (QED) is 0.753. The molecule has 16 heavy (non-hydrogen) atoms. The zero-order valence-corrected chi connectivity index (χ0v) is 10.2. The Morgan fingerprint density at radius 3 is 2.94 bits per heavy atom. The number of pyridine rings is 1. The van der Waals surface area contributed by atoms with Crippen LogP contribution in [0.2, 0.25) is 0 Å². The Balaban J connectivity index is 2.56. The fourth-order valence-corrected chi connectivity index (χ4v) is 1.99.